The number of nitrogens with two attached hydrogens (primary N) is 1. The van der Waals surface area contributed by atoms with Crippen molar-refractivity contribution < 1.29 is 4.39 Å². The van der Waals surface area contributed by atoms with Gasteiger partial charge in [-0.15, -0.1) is 0 Å². The molecule has 1 heterocycles. The average molecular weight is 257 g/mol. The molecule has 1 aliphatic rings. The van der Waals surface area contributed by atoms with Crippen LogP contribution in [-0.4, -0.2) is 24.0 Å². The van der Waals surface area contributed by atoms with Crippen LogP contribution in [0.2, 0.25) is 5.02 Å². The summed E-state index contributed by atoms with van der Waals surface area (Å²) in [5, 5.41) is 0.497. The van der Waals surface area contributed by atoms with E-state index in [0.29, 0.717) is 10.9 Å². The Balaban J connectivity index is 2.04. The molecule has 2 atom stereocenters. The maximum absolute atomic E-state index is 12.9. The second kappa shape index (κ2) is 5.34. The quantitative estimate of drug-likeness (QED) is 0.882. The minimum Gasteiger partial charge on any atom is -0.327 e. The van der Waals surface area contributed by atoms with Crippen molar-refractivity contribution in [3.63, 3.8) is 0 Å². The monoisotopic (exact) mass is 256 g/mol. The van der Waals surface area contributed by atoms with E-state index >= 15 is 0 Å². The first-order valence-corrected chi connectivity index (χ1v) is 6.34. The number of hydrogen-bond acceptors (Lipinski definition) is 2. The number of piperidine rings is 1. The Kier molecular flexibility index (Phi) is 4.02. The van der Waals surface area contributed by atoms with E-state index in [1.807, 2.05) is 0 Å². The number of rotatable bonds is 2. The molecule has 0 amide bonds. The predicted octanol–water partition coefficient (Wildman–Crippen LogP) is 2.65. The van der Waals surface area contributed by atoms with Crippen LogP contribution in [0, 0.1) is 11.7 Å². The van der Waals surface area contributed by atoms with E-state index in [9.17, 15) is 4.39 Å². The lowest BCUT2D eigenvalue weighted by molar-refractivity contribution is 0.158. The van der Waals surface area contributed by atoms with Gasteiger partial charge in [0.25, 0.3) is 0 Å². The van der Waals surface area contributed by atoms with Gasteiger partial charge >= 0.3 is 0 Å². The molecular formula is C13H18ClFN2. The van der Waals surface area contributed by atoms with Crippen LogP contribution in [-0.2, 0) is 6.54 Å². The Labute approximate surface area is 107 Å². The van der Waals surface area contributed by atoms with Gasteiger partial charge in [0.05, 0.1) is 0 Å². The van der Waals surface area contributed by atoms with Crippen LogP contribution >= 0.6 is 11.6 Å². The summed E-state index contributed by atoms with van der Waals surface area (Å²) in [6.45, 7) is 4.87. The van der Waals surface area contributed by atoms with Crippen LogP contribution < -0.4 is 5.73 Å². The number of halogens is 2. The first-order valence-electron chi connectivity index (χ1n) is 5.96. The summed E-state index contributed by atoms with van der Waals surface area (Å²) in [6, 6.07) is 4.80. The minimum atomic E-state index is -0.289. The molecule has 0 saturated carbocycles. The van der Waals surface area contributed by atoms with Gasteiger partial charge in [0, 0.05) is 30.7 Å². The standard InChI is InChI=1S/C13H18ClFN2/c1-9-4-12(16)8-17(6-9)7-10-2-3-11(15)5-13(10)14/h2-3,5,9,12H,4,6-8,16H2,1H3. The molecule has 0 aromatic heterocycles. The molecule has 0 radical (unpaired) electrons. The third-order valence-corrected chi connectivity index (χ3v) is 3.53. The lowest BCUT2D eigenvalue weighted by atomic mass is 9.96. The summed E-state index contributed by atoms with van der Waals surface area (Å²) >= 11 is 6.02. The zero-order valence-electron chi connectivity index (χ0n) is 10.00. The average Bonchev–Trinajstić information content (AvgIpc) is 2.21. The highest BCUT2D eigenvalue weighted by Crippen LogP contribution is 2.22. The van der Waals surface area contributed by atoms with Gasteiger partial charge in [-0.25, -0.2) is 4.39 Å². The summed E-state index contributed by atoms with van der Waals surface area (Å²) in [7, 11) is 0. The SMILES string of the molecule is CC1CC(N)CN(Cc2ccc(F)cc2Cl)C1. The molecule has 1 aliphatic heterocycles. The highest BCUT2D eigenvalue weighted by atomic mass is 35.5. The van der Waals surface area contributed by atoms with Crippen LogP contribution in [0.15, 0.2) is 18.2 Å². The highest BCUT2D eigenvalue weighted by molar-refractivity contribution is 6.31. The number of hydrogen-bond donors (Lipinski definition) is 1. The molecule has 4 heteroatoms. The molecule has 1 saturated heterocycles. The van der Waals surface area contributed by atoms with Gasteiger partial charge in [-0.2, -0.15) is 0 Å². The van der Waals surface area contributed by atoms with Crippen molar-refractivity contribution in [2.75, 3.05) is 13.1 Å². The summed E-state index contributed by atoms with van der Waals surface area (Å²) in [5.41, 5.74) is 6.96. The molecule has 0 spiro atoms. The third-order valence-electron chi connectivity index (χ3n) is 3.18. The third kappa shape index (κ3) is 3.41. The molecule has 0 bridgehead atoms. The topological polar surface area (TPSA) is 29.3 Å². The molecule has 0 aliphatic carbocycles. The Morgan fingerprint density at radius 2 is 2.24 bits per heavy atom. The molecule has 2 N–H and O–H groups in total. The summed E-state index contributed by atoms with van der Waals surface area (Å²) in [6.07, 6.45) is 1.08. The van der Waals surface area contributed by atoms with E-state index in [0.717, 1.165) is 31.6 Å². The Hall–Kier alpha value is -0.640. The lowest BCUT2D eigenvalue weighted by Crippen LogP contribution is -2.45. The number of benzene rings is 1. The van der Waals surface area contributed by atoms with Crippen molar-refractivity contribution in [3.8, 4) is 0 Å². The normalized spacial score (nSPS) is 26.1. The van der Waals surface area contributed by atoms with Gasteiger partial charge in [0.2, 0.25) is 0 Å². The highest BCUT2D eigenvalue weighted by Gasteiger charge is 2.22. The van der Waals surface area contributed by atoms with E-state index in [1.54, 1.807) is 6.07 Å². The minimum absolute atomic E-state index is 0.234. The van der Waals surface area contributed by atoms with Crippen LogP contribution in [0.4, 0.5) is 4.39 Å². The first-order chi connectivity index (χ1) is 8.04. The fourth-order valence-corrected chi connectivity index (χ4v) is 2.76. The largest absolute Gasteiger partial charge is 0.327 e. The molecular weight excluding hydrogens is 239 g/mol. The summed E-state index contributed by atoms with van der Waals surface area (Å²) < 4.78 is 12.9. The van der Waals surface area contributed by atoms with Crippen molar-refractivity contribution >= 4 is 11.6 Å². The Morgan fingerprint density at radius 1 is 1.47 bits per heavy atom. The molecule has 17 heavy (non-hydrogen) atoms. The molecule has 1 aromatic rings. The smallest absolute Gasteiger partial charge is 0.124 e. The van der Waals surface area contributed by atoms with Crippen LogP contribution in [0.25, 0.3) is 0 Å². The molecule has 2 rings (SSSR count). The van der Waals surface area contributed by atoms with Gasteiger partial charge in [-0.1, -0.05) is 24.6 Å². The molecule has 94 valence electrons. The molecule has 1 fully saturated rings. The van der Waals surface area contributed by atoms with Crippen molar-refractivity contribution in [2.24, 2.45) is 11.7 Å². The molecule has 1 aromatic carbocycles. The van der Waals surface area contributed by atoms with Crippen molar-refractivity contribution in [1.29, 1.82) is 0 Å². The van der Waals surface area contributed by atoms with E-state index < -0.39 is 0 Å². The number of nitrogens with zero attached hydrogens (tertiary/aromatic N) is 1. The van der Waals surface area contributed by atoms with Gasteiger partial charge in [0.15, 0.2) is 0 Å². The van der Waals surface area contributed by atoms with Crippen LogP contribution in [0.5, 0.6) is 0 Å². The van der Waals surface area contributed by atoms with Gasteiger partial charge in [0.1, 0.15) is 5.82 Å². The maximum Gasteiger partial charge on any atom is 0.124 e. The Bertz CT molecular complexity index is 387. The van der Waals surface area contributed by atoms with Gasteiger partial charge < -0.3 is 5.73 Å². The summed E-state index contributed by atoms with van der Waals surface area (Å²) in [5.74, 6) is 0.320. The zero-order chi connectivity index (χ0) is 12.4. The maximum atomic E-state index is 12.9. The fraction of sp³-hybridized carbons (Fsp3) is 0.538. The molecule has 2 nitrogen and oxygen atoms in total. The lowest BCUT2D eigenvalue weighted by Gasteiger charge is -2.34. The fourth-order valence-electron chi connectivity index (χ4n) is 2.53. The number of likely N-dealkylation sites (tertiary alicyclic amines) is 1. The second-order valence-corrected chi connectivity index (χ2v) is 5.44. The van der Waals surface area contributed by atoms with Crippen LogP contribution in [0.3, 0.4) is 0 Å². The predicted molar refractivity (Wildman–Crippen MR) is 68.4 cm³/mol. The molecule has 2 unspecified atom stereocenters. The van der Waals surface area contributed by atoms with E-state index in [1.165, 1.54) is 12.1 Å². The van der Waals surface area contributed by atoms with Crippen molar-refractivity contribution in [1.82, 2.24) is 4.90 Å². The van der Waals surface area contributed by atoms with E-state index in [4.69, 9.17) is 17.3 Å². The van der Waals surface area contributed by atoms with Crippen LogP contribution in [0.1, 0.15) is 18.9 Å². The Morgan fingerprint density at radius 3 is 2.88 bits per heavy atom. The zero-order valence-corrected chi connectivity index (χ0v) is 10.8. The van der Waals surface area contributed by atoms with Gasteiger partial charge in [-0.05, 0) is 30.0 Å². The van der Waals surface area contributed by atoms with Gasteiger partial charge in [-0.3, -0.25) is 4.90 Å². The summed E-state index contributed by atoms with van der Waals surface area (Å²) in [4.78, 5) is 2.29. The van der Waals surface area contributed by atoms with Crippen molar-refractivity contribution in [2.45, 2.75) is 25.9 Å². The van der Waals surface area contributed by atoms with Crippen molar-refractivity contribution in [3.05, 3.63) is 34.6 Å². The van der Waals surface area contributed by atoms with E-state index in [-0.39, 0.29) is 11.9 Å². The first kappa shape index (κ1) is 12.8. The van der Waals surface area contributed by atoms with E-state index in [2.05, 4.69) is 11.8 Å². The second-order valence-electron chi connectivity index (χ2n) is 5.03.